The fraction of sp³-hybridized carbons (Fsp3) is 0.394. The molecule has 1 saturated carbocycles. The van der Waals surface area contributed by atoms with Crippen LogP contribution in [0.15, 0.2) is 61.2 Å². The Morgan fingerprint density at radius 3 is 2.25 bits per heavy atom. The van der Waals surface area contributed by atoms with E-state index in [1.54, 1.807) is 42.5 Å². The van der Waals surface area contributed by atoms with Crippen LogP contribution in [0.4, 0.5) is 17.6 Å². The number of rotatable bonds is 13. The molecule has 0 unspecified atom stereocenters. The molecule has 0 heterocycles. The van der Waals surface area contributed by atoms with Crippen LogP contribution in [0.3, 0.4) is 0 Å². The molecule has 3 aromatic carbocycles. The summed E-state index contributed by atoms with van der Waals surface area (Å²) < 4.78 is 75.8. The van der Waals surface area contributed by atoms with Crippen LogP contribution in [0.1, 0.15) is 68.9 Å². The highest BCUT2D eigenvalue weighted by atomic mass is 19.2. The molecule has 40 heavy (non-hydrogen) atoms. The molecule has 0 saturated heterocycles. The highest BCUT2D eigenvalue weighted by Gasteiger charge is 2.27. The third-order valence-electron chi connectivity index (χ3n) is 7.34. The van der Waals surface area contributed by atoms with Crippen molar-refractivity contribution in [3.05, 3.63) is 95.6 Å². The molecule has 1 aliphatic rings. The molecule has 1 fully saturated rings. The minimum absolute atomic E-state index is 0.0247. The topological polar surface area (TPSA) is 27.7 Å². The Morgan fingerprint density at radius 2 is 1.55 bits per heavy atom. The molecule has 1 aliphatic carbocycles. The Balaban J connectivity index is 1.37. The smallest absolute Gasteiger partial charge is 0.201 e. The van der Waals surface area contributed by atoms with Gasteiger partial charge in [0.05, 0.1) is 12.7 Å². The van der Waals surface area contributed by atoms with Crippen molar-refractivity contribution in [2.24, 2.45) is 0 Å². The average Bonchev–Trinajstić information content (AvgIpc) is 2.97. The van der Waals surface area contributed by atoms with Crippen molar-refractivity contribution in [2.45, 2.75) is 70.5 Å². The summed E-state index contributed by atoms with van der Waals surface area (Å²) in [4.78, 5) is 0. The van der Waals surface area contributed by atoms with Crippen molar-refractivity contribution in [1.29, 1.82) is 0 Å². The second-order valence-electron chi connectivity index (χ2n) is 10.1. The van der Waals surface area contributed by atoms with E-state index in [0.29, 0.717) is 23.3 Å². The van der Waals surface area contributed by atoms with Crippen molar-refractivity contribution >= 4 is 0 Å². The van der Waals surface area contributed by atoms with Gasteiger partial charge in [-0.25, -0.2) is 13.2 Å². The first-order valence-electron chi connectivity index (χ1n) is 14.0. The van der Waals surface area contributed by atoms with Crippen molar-refractivity contribution in [3.63, 3.8) is 0 Å². The normalized spacial score (nSPS) is 17.0. The summed E-state index contributed by atoms with van der Waals surface area (Å²) in [7, 11) is 0. The summed E-state index contributed by atoms with van der Waals surface area (Å²) in [6.45, 7) is 6.42. The number of halogens is 4. The van der Waals surface area contributed by atoms with Gasteiger partial charge in [0.1, 0.15) is 12.4 Å². The standard InChI is InChI=1S/C33H36F4O3/c1-3-5-19-38-25-12-7-22(8-13-25)27-16-17-28(32(36)31(27)35)23-9-14-26(15-10-23)40-21-24-11-18-29(33(37)30(24)34)39-20-6-4-2/h4,9-11,14-18,22,25H,2-3,5-8,12-13,19-21H2,1H3. The molecule has 0 aliphatic heterocycles. The van der Waals surface area contributed by atoms with Gasteiger partial charge in [-0.1, -0.05) is 43.7 Å². The predicted molar refractivity (Wildman–Crippen MR) is 149 cm³/mol. The van der Waals surface area contributed by atoms with Gasteiger partial charge in [0.25, 0.3) is 0 Å². The SMILES string of the molecule is C=CCCOc1ccc(COc2ccc(-c3ccc(C4CCC(OCCCC)CC4)c(F)c3F)cc2)c(F)c1F. The Bertz CT molecular complexity index is 1270. The van der Waals surface area contributed by atoms with E-state index < -0.39 is 23.3 Å². The molecule has 4 rings (SSSR count). The maximum Gasteiger partial charge on any atom is 0.201 e. The van der Waals surface area contributed by atoms with Crippen LogP contribution in [0, 0.1) is 23.3 Å². The van der Waals surface area contributed by atoms with E-state index in [2.05, 4.69) is 13.5 Å². The van der Waals surface area contributed by atoms with Crippen LogP contribution in [0.5, 0.6) is 11.5 Å². The summed E-state index contributed by atoms with van der Waals surface area (Å²) in [6.07, 6.45) is 7.70. The molecule has 0 atom stereocenters. The number of unbranched alkanes of at least 4 members (excludes halogenated alkanes) is 1. The van der Waals surface area contributed by atoms with Gasteiger partial charge in [-0.2, -0.15) is 4.39 Å². The summed E-state index contributed by atoms with van der Waals surface area (Å²) >= 11 is 0. The molecular formula is C33H36F4O3. The summed E-state index contributed by atoms with van der Waals surface area (Å²) in [5, 5.41) is 0. The average molecular weight is 557 g/mol. The third-order valence-corrected chi connectivity index (χ3v) is 7.34. The van der Waals surface area contributed by atoms with Crippen molar-refractivity contribution in [1.82, 2.24) is 0 Å². The number of hydrogen-bond acceptors (Lipinski definition) is 3. The van der Waals surface area contributed by atoms with Gasteiger partial charge in [-0.15, -0.1) is 6.58 Å². The van der Waals surface area contributed by atoms with E-state index in [-0.39, 0.29) is 42.1 Å². The van der Waals surface area contributed by atoms with E-state index in [4.69, 9.17) is 14.2 Å². The highest BCUT2D eigenvalue weighted by Crippen LogP contribution is 2.38. The maximum absolute atomic E-state index is 15.1. The van der Waals surface area contributed by atoms with E-state index in [9.17, 15) is 8.78 Å². The van der Waals surface area contributed by atoms with Gasteiger partial charge < -0.3 is 14.2 Å². The van der Waals surface area contributed by atoms with E-state index >= 15 is 8.78 Å². The molecule has 0 radical (unpaired) electrons. The first kappa shape index (κ1) is 29.7. The molecule has 7 heteroatoms. The van der Waals surface area contributed by atoms with Crippen LogP contribution < -0.4 is 9.47 Å². The van der Waals surface area contributed by atoms with Crippen molar-refractivity contribution in [2.75, 3.05) is 13.2 Å². The van der Waals surface area contributed by atoms with Gasteiger partial charge in [-0.05, 0) is 79.8 Å². The molecule has 0 amide bonds. The molecule has 0 aromatic heterocycles. The lowest BCUT2D eigenvalue weighted by Gasteiger charge is -2.29. The minimum Gasteiger partial charge on any atom is -0.490 e. The quantitative estimate of drug-likeness (QED) is 0.119. The zero-order valence-electron chi connectivity index (χ0n) is 22.9. The van der Waals surface area contributed by atoms with E-state index in [0.717, 1.165) is 45.1 Å². The van der Waals surface area contributed by atoms with E-state index in [1.807, 2.05) is 0 Å². The third kappa shape index (κ3) is 7.25. The second kappa shape index (κ2) is 14.4. The lowest BCUT2D eigenvalue weighted by Crippen LogP contribution is -2.22. The first-order valence-corrected chi connectivity index (χ1v) is 14.0. The van der Waals surface area contributed by atoms with Gasteiger partial charge in [0.15, 0.2) is 23.2 Å². The van der Waals surface area contributed by atoms with Gasteiger partial charge in [-0.3, -0.25) is 0 Å². The summed E-state index contributed by atoms with van der Waals surface area (Å²) in [5.41, 5.74) is 1.09. The van der Waals surface area contributed by atoms with Crippen LogP contribution in [-0.4, -0.2) is 19.3 Å². The molecule has 3 aromatic rings. The molecule has 3 nitrogen and oxygen atoms in total. The Morgan fingerprint density at radius 1 is 0.800 bits per heavy atom. The Labute approximate surface area is 233 Å². The fourth-order valence-corrected chi connectivity index (χ4v) is 4.98. The maximum atomic E-state index is 15.1. The summed E-state index contributed by atoms with van der Waals surface area (Å²) in [6, 6.07) is 12.5. The van der Waals surface area contributed by atoms with Gasteiger partial charge >= 0.3 is 0 Å². The van der Waals surface area contributed by atoms with Crippen LogP contribution in [-0.2, 0) is 11.3 Å². The zero-order chi connectivity index (χ0) is 28.5. The molecular weight excluding hydrogens is 520 g/mol. The molecule has 214 valence electrons. The lowest BCUT2D eigenvalue weighted by molar-refractivity contribution is 0.0230. The molecule has 0 N–H and O–H groups in total. The number of hydrogen-bond donors (Lipinski definition) is 0. The summed E-state index contributed by atoms with van der Waals surface area (Å²) in [5.74, 6) is -3.61. The highest BCUT2D eigenvalue weighted by molar-refractivity contribution is 5.65. The van der Waals surface area contributed by atoms with Gasteiger partial charge in [0, 0.05) is 17.7 Å². The first-order chi connectivity index (χ1) is 19.4. The van der Waals surface area contributed by atoms with Crippen LogP contribution >= 0.6 is 0 Å². The number of ether oxygens (including phenoxy) is 3. The van der Waals surface area contributed by atoms with Crippen molar-refractivity contribution < 1.29 is 31.8 Å². The monoisotopic (exact) mass is 556 g/mol. The Hall–Kier alpha value is -3.32. The van der Waals surface area contributed by atoms with Crippen LogP contribution in [0.2, 0.25) is 0 Å². The van der Waals surface area contributed by atoms with Crippen molar-refractivity contribution in [3.8, 4) is 22.6 Å². The minimum atomic E-state index is -1.07. The predicted octanol–water partition coefficient (Wildman–Crippen LogP) is 9.29. The fourth-order valence-electron chi connectivity index (χ4n) is 4.98. The Kier molecular flexibility index (Phi) is 10.6. The van der Waals surface area contributed by atoms with Gasteiger partial charge in [0.2, 0.25) is 5.82 Å². The zero-order valence-corrected chi connectivity index (χ0v) is 22.9. The second-order valence-corrected chi connectivity index (χ2v) is 10.1. The molecule has 0 bridgehead atoms. The largest absolute Gasteiger partial charge is 0.490 e. The lowest BCUT2D eigenvalue weighted by atomic mass is 9.82. The molecule has 0 spiro atoms. The van der Waals surface area contributed by atoms with E-state index in [1.165, 1.54) is 12.1 Å². The number of benzene rings is 3. The van der Waals surface area contributed by atoms with Crippen LogP contribution in [0.25, 0.3) is 11.1 Å².